The van der Waals surface area contributed by atoms with Crippen LogP contribution < -0.4 is 16.3 Å². The van der Waals surface area contributed by atoms with Gasteiger partial charge < -0.3 is 15.1 Å². The number of carbonyl (C=O) groups excluding carboxylic acids is 1. The largest absolute Gasteiger partial charge is 0.460 e. The molecule has 4 unspecified atom stereocenters. The molecule has 0 amide bonds. The van der Waals surface area contributed by atoms with Crippen LogP contribution in [-0.2, 0) is 9.53 Å². The Kier molecular flexibility index (Phi) is 5.97. The summed E-state index contributed by atoms with van der Waals surface area (Å²) in [6, 6.07) is 7.77. The van der Waals surface area contributed by atoms with Gasteiger partial charge in [-0.3, -0.25) is 0 Å². The molecule has 5 aliphatic rings. The van der Waals surface area contributed by atoms with E-state index >= 15 is 0 Å². The normalized spacial score (nSPS) is 32.2. The number of carbonyl (C=O) groups is 1. The Hall–Kier alpha value is -2.23. The minimum absolute atomic E-state index is 0.0453. The molecule has 9 heteroatoms. The summed E-state index contributed by atoms with van der Waals surface area (Å²) < 4.78 is 6.09. The highest BCUT2D eigenvalue weighted by atomic mass is 35.5. The summed E-state index contributed by atoms with van der Waals surface area (Å²) in [5, 5.41) is 2.64. The molecule has 1 aliphatic carbocycles. The second-order valence-corrected chi connectivity index (χ2v) is 11.4. The summed E-state index contributed by atoms with van der Waals surface area (Å²) in [4.78, 5) is 16.1. The number of nitrogens with zero attached hydrogens (tertiary/aromatic N) is 2. The summed E-state index contributed by atoms with van der Waals surface area (Å²) in [5.41, 5.74) is 14.4. The van der Waals surface area contributed by atoms with Crippen LogP contribution in [0.3, 0.4) is 0 Å². The van der Waals surface area contributed by atoms with Crippen molar-refractivity contribution in [2.24, 2.45) is 5.92 Å². The van der Waals surface area contributed by atoms with Crippen molar-refractivity contribution in [2.45, 2.75) is 56.3 Å². The van der Waals surface area contributed by atoms with E-state index < -0.39 is 11.2 Å². The van der Waals surface area contributed by atoms with Crippen molar-refractivity contribution in [2.75, 3.05) is 7.05 Å². The van der Waals surface area contributed by atoms with Crippen molar-refractivity contribution in [3.63, 3.8) is 0 Å². The number of hydrogen-bond donors (Lipinski definition) is 3. The van der Waals surface area contributed by atoms with E-state index in [1.54, 1.807) is 11.8 Å². The van der Waals surface area contributed by atoms with E-state index in [1.165, 1.54) is 17.6 Å². The van der Waals surface area contributed by atoms with Crippen LogP contribution in [0.1, 0.15) is 44.6 Å². The topological polar surface area (TPSA) is 68.9 Å². The third-order valence-corrected chi connectivity index (χ3v) is 9.18. The second-order valence-electron chi connectivity index (χ2n) is 9.81. The highest BCUT2D eigenvalue weighted by Crippen LogP contribution is 2.55. The van der Waals surface area contributed by atoms with Gasteiger partial charge in [0.05, 0.1) is 5.70 Å². The fourth-order valence-corrected chi connectivity index (χ4v) is 7.28. The molecule has 6 rings (SSSR count). The van der Waals surface area contributed by atoms with Crippen molar-refractivity contribution in [1.82, 2.24) is 26.2 Å². The van der Waals surface area contributed by atoms with Gasteiger partial charge in [0.25, 0.3) is 0 Å². The van der Waals surface area contributed by atoms with E-state index in [0.717, 1.165) is 35.4 Å². The summed E-state index contributed by atoms with van der Waals surface area (Å²) in [6.45, 7) is 2.18. The number of esters is 1. The van der Waals surface area contributed by atoms with Crippen LogP contribution in [-0.4, -0.2) is 40.2 Å². The van der Waals surface area contributed by atoms with Crippen molar-refractivity contribution in [3.8, 4) is 0 Å². The van der Waals surface area contributed by atoms with Gasteiger partial charge in [-0.05, 0) is 54.9 Å². The second kappa shape index (κ2) is 9.01. The van der Waals surface area contributed by atoms with Crippen LogP contribution >= 0.6 is 23.4 Å². The highest BCUT2D eigenvalue weighted by Gasteiger charge is 2.58. The fraction of sp³-hybridized carbons (Fsp3) is 0.423. The first-order valence-electron chi connectivity index (χ1n) is 12.3. The monoisotopic (exact) mass is 511 g/mol. The molecule has 4 aliphatic heterocycles. The molecule has 0 bridgehead atoms. The molecule has 4 atom stereocenters. The minimum Gasteiger partial charge on any atom is -0.460 e. The molecule has 3 N–H and O–H groups in total. The number of hydrazine groups is 2. The first-order valence-corrected chi connectivity index (χ1v) is 13.4. The molecule has 1 saturated heterocycles. The molecule has 0 radical (unpaired) electrons. The number of fused-ring (bicyclic) bond motifs is 1. The molecule has 4 heterocycles. The number of thioether (sulfide) groups is 1. The number of hydrogen-bond acceptors (Lipinski definition) is 8. The molecule has 7 nitrogen and oxygen atoms in total. The Morgan fingerprint density at radius 2 is 2.09 bits per heavy atom. The molecule has 1 spiro atoms. The maximum Gasteiger partial charge on any atom is 0.341 e. The number of rotatable bonds is 3. The van der Waals surface area contributed by atoms with Gasteiger partial charge in [-0.2, -0.15) is 5.01 Å². The lowest BCUT2D eigenvalue weighted by Gasteiger charge is -2.37. The predicted molar refractivity (Wildman–Crippen MR) is 139 cm³/mol. The zero-order chi connectivity index (χ0) is 24.2. The van der Waals surface area contributed by atoms with Crippen molar-refractivity contribution in [1.29, 1.82) is 0 Å². The Balaban J connectivity index is 1.38. The minimum atomic E-state index is -0.710. The Bertz CT molecular complexity index is 1180. The number of halogens is 1. The first kappa shape index (κ1) is 23.2. The molecule has 0 aromatic heterocycles. The maximum atomic E-state index is 13.6. The Labute approximate surface area is 215 Å². The van der Waals surface area contributed by atoms with E-state index in [9.17, 15) is 4.79 Å². The van der Waals surface area contributed by atoms with Gasteiger partial charge in [-0.25, -0.2) is 15.6 Å². The number of benzene rings is 1. The summed E-state index contributed by atoms with van der Waals surface area (Å²) in [6.07, 6.45) is 12.8. The number of allylic oxidation sites excluding steroid dienone is 3. The third kappa shape index (κ3) is 3.92. The zero-order valence-corrected chi connectivity index (χ0v) is 21.5. The quantitative estimate of drug-likeness (QED) is 0.514. The van der Waals surface area contributed by atoms with Gasteiger partial charge in [0.15, 0.2) is 11.2 Å². The van der Waals surface area contributed by atoms with Gasteiger partial charge in [0, 0.05) is 34.9 Å². The van der Waals surface area contributed by atoms with Gasteiger partial charge in [0.1, 0.15) is 6.10 Å². The van der Waals surface area contributed by atoms with Crippen LogP contribution in [0.25, 0.3) is 5.70 Å². The molecule has 2 fully saturated rings. The third-order valence-electron chi connectivity index (χ3n) is 7.47. The predicted octanol–water partition coefficient (Wildman–Crippen LogP) is 4.44. The van der Waals surface area contributed by atoms with Crippen LogP contribution in [0.15, 0.2) is 64.9 Å². The van der Waals surface area contributed by atoms with Gasteiger partial charge in [0.2, 0.25) is 0 Å². The Morgan fingerprint density at radius 1 is 1.26 bits per heavy atom. The van der Waals surface area contributed by atoms with Crippen LogP contribution in [0.5, 0.6) is 0 Å². The zero-order valence-electron chi connectivity index (χ0n) is 19.9. The molecule has 1 saturated carbocycles. The van der Waals surface area contributed by atoms with E-state index in [0.29, 0.717) is 17.4 Å². The van der Waals surface area contributed by atoms with Crippen LogP contribution in [0.4, 0.5) is 0 Å². The average molecular weight is 512 g/mol. The molecule has 1 aromatic rings. The SMILES string of the molecule is CC1CCCCC1OC(=O)C1NNC23SC4=CN(C)C=CC4=C2CC=C(c2ccccc2Cl)NN13. The van der Waals surface area contributed by atoms with E-state index in [-0.39, 0.29) is 12.1 Å². The van der Waals surface area contributed by atoms with E-state index in [1.807, 2.05) is 36.3 Å². The maximum absolute atomic E-state index is 13.6. The Morgan fingerprint density at radius 3 is 2.91 bits per heavy atom. The summed E-state index contributed by atoms with van der Waals surface area (Å²) in [5.74, 6) is 0.0985. The molecule has 35 heavy (non-hydrogen) atoms. The standard InChI is InChI=1S/C26H30ClN5O2S/c1-16-7-3-6-10-22(16)34-25(33)24-28-30-26-19(17-13-14-31(2)15-23(17)35-26)11-12-21(29-32(24)26)18-8-4-5-9-20(18)27/h4-5,8-9,12-16,22,24,28-30H,3,6-7,10-11H2,1-2H3. The van der Waals surface area contributed by atoms with Crippen LogP contribution in [0, 0.1) is 5.92 Å². The number of nitrogens with one attached hydrogen (secondary N) is 3. The lowest BCUT2D eigenvalue weighted by atomic mass is 9.88. The van der Waals surface area contributed by atoms with Crippen molar-refractivity contribution < 1.29 is 9.53 Å². The molecule has 184 valence electrons. The number of ether oxygens (including phenoxy) is 1. The highest BCUT2D eigenvalue weighted by molar-refractivity contribution is 8.05. The lowest BCUT2D eigenvalue weighted by molar-refractivity contribution is -0.160. The van der Waals surface area contributed by atoms with Crippen molar-refractivity contribution in [3.05, 3.63) is 75.5 Å². The van der Waals surface area contributed by atoms with Gasteiger partial charge >= 0.3 is 5.97 Å². The van der Waals surface area contributed by atoms with Crippen molar-refractivity contribution >= 4 is 35.0 Å². The van der Waals surface area contributed by atoms with E-state index in [4.69, 9.17) is 16.3 Å². The summed E-state index contributed by atoms with van der Waals surface area (Å²) >= 11 is 8.27. The summed E-state index contributed by atoms with van der Waals surface area (Å²) in [7, 11) is 2.02. The molecular formula is C26H30ClN5O2S. The fourth-order valence-electron chi connectivity index (χ4n) is 5.53. The van der Waals surface area contributed by atoms with Gasteiger partial charge in [-0.1, -0.05) is 61.0 Å². The smallest absolute Gasteiger partial charge is 0.341 e. The van der Waals surface area contributed by atoms with Crippen LogP contribution in [0.2, 0.25) is 5.02 Å². The van der Waals surface area contributed by atoms with Gasteiger partial charge in [-0.15, -0.1) is 0 Å². The average Bonchev–Trinajstić information content (AvgIpc) is 3.30. The first-order chi connectivity index (χ1) is 17.0. The molecular weight excluding hydrogens is 482 g/mol. The molecule has 1 aromatic carbocycles. The van der Waals surface area contributed by atoms with E-state index in [2.05, 4.69) is 52.7 Å². The lowest BCUT2D eigenvalue weighted by Crippen LogP contribution is -2.57.